The van der Waals surface area contributed by atoms with Crippen LogP contribution in [0.15, 0.2) is 42.5 Å². The fraction of sp³-hybridized carbons (Fsp3) is 0.350. The minimum atomic E-state index is -2.96. The Morgan fingerprint density at radius 1 is 1.18 bits per heavy atom. The second-order valence-electron chi connectivity index (χ2n) is 6.43. The highest BCUT2D eigenvalue weighted by Gasteiger charge is 2.21. The average Bonchev–Trinajstić information content (AvgIpc) is 2.68. The van der Waals surface area contributed by atoms with Crippen LogP contribution in [0.5, 0.6) is 17.2 Å². The Balaban J connectivity index is 1.63. The van der Waals surface area contributed by atoms with Crippen LogP contribution in [-0.2, 0) is 11.3 Å². The van der Waals surface area contributed by atoms with Gasteiger partial charge in [-0.1, -0.05) is 18.2 Å². The number of fused-ring (bicyclic) bond motifs is 1. The van der Waals surface area contributed by atoms with Crippen LogP contribution in [0.2, 0.25) is 0 Å². The van der Waals surface area contributed by atoms with Gasteiger partial charge in [-0.05, 0) is 43.8 Å². The van der Waals surface area contributed by atoms with Gasteiger partial charge in [0, 0.05) is 6.54 Å². The third kappa shape index (κ3) is 4.89. The Bertz CT molecular complexity index is 832. The summed E-state index contributed by atoms with van der Waals surface area (Å²) < 4.78 is 40.6. The molecule has 1 aliphatic heterocycles. The van der Waals surface area contributed by atoms with Crippen LogP contribution in [0.1, 0.15) is 12.5 Å². The smallest absolute Gasteiger partial charge is 0.387 e. The number of ether oxygens (including phenoxy) is 3. The summed E-state index contributed by atoms with van der Waals surface area (Å²) in [6, 6.07) is 11.2. The Morgan fingerprint density at radius 2 is 1.89 bits per heavy atom. The fourth-order valence-electron chi connectivity index (χ4n) is 2.82. The summed E-state index contributed by atoms with van der Waals surface area (Å²) in [7, 11) is 1.81. The first kappa shape index (κ1) is 19.9. The van der Waals surface area contributed by atoms with E-state index in [1.165, 1.54) is 12.1 Å². The lowest BCUT2D eigenvalue weighted by atomic mass is 10.1. The molecule has 0 spiro atoms. The van der Waals surface area contributed by atoms with E-state index in [0.29, 0.717) is 31.3 Å². The molecule has 0 radical (unpaired) electrons. The van der Waals surface area contributed by atoms with Crippen molar-refractivity contribution in [3.8, 4) is 17.2 Å². The van der Waals surface area contributed by atoms with Crippen molar-refractivity contribution in [1.29, 1.82) is 0 Å². The van der Waals surface area contributed by atoms with Crippen molar-refractivity contribution in [1.82, 2.24) is 4.90 Å². The first-order chi connectivity index (χ1) is 13.4. The van der Waals surface area contributed by atoms with Gasteiger partial charge >= 0.3 is 6.61 Å². The van der Waals surface area contributed by atoms with Crippen molar-refractivity contribution < 1.29 is 27.8 Å². The molecule has 0 aromatic heterocycles. The lowest BCUT2D eigenvalue weighted by molar-refractivity contribution is -0.120. The minimum absolute atomic E-state index is 0.0764. The Morgan fingerprint density at radius 3 is 2.64 bits per heavy atom. The van der Waals surface area contributed by atoms with E-state index in [-0.39, 0.29) is 17.3 Å². The summed E-state index contributed by atoms with van der Waals surface area (Å²) in [5.41, 5.74) is 1.17. The van der Waals surface area contributed by atoms with E-state index < -0.39 is 12.7 Å². The number of halogens is 2. The van der Waals surface area contributed by atoms with E-state index in [0.717, 1.165) is 5.56 Å². The van der Waals surface area contributed by atoms with Crippen LogP contribution in [0.25, 0.3) is 0 Å². The number of nitrogens with one attached hydrogen (secondary N) is 1. The number of carbonyl (C=O) groups is 1. The van der Waals surface area contributed by atoms with Crippen molar-refractivity contribution in [3.63, 3.8) is 0 Å². The van der Waals surface area contributed by atoms with Gasteiger partial charge in [0.2, 0.25) is 5.91 Å². The second-order valence-corrected chi connectivity index (χ2v) is 6.43. The number of amides is 1. The van der Waals surface area contributed by atoms with Gasteiger partial charge in [-0.3, -0.25) is 9.69 Å². The Hall–Kier alpha value is -2.87. The van der Waals surface area contributed by atoms with E-state index in [1.807, 2.05) is 30.1 Å². The molecule has 28 heavy (non-hydrogen) atoms. The summed E-state index contributed by atoms with van der Waals surface area (Å²) in [6.07, 6.45) is 0. The highest BCUT2D eigenvalue weighted by atomic mass is 19.3. The molecule has 0 saturated heterocycles. The molecule has 3 rings (SSSR count). The molecule has 0 fully saturated rings. The van der Waals surface area contributed by atoms with Crippen LogP contribution < -0.4 is 19.5 Å². The van der Waals surface area contributed by atoms with Crippen molar-refractivity contribution in [2.75, 3.05) is 25.6 Å². The number of para-hydroxylation sites is 2. The zero-order valence-electron chi connectivity index (χ0n) is 15.7. The zero-order valence-corrected chi connectivity index (χ0v) is 15.7. The average molecular weight is 392 g/mol. The number of anilines is 1. The van der Waals surface area contributed by atoms with Crippen molar-refractivity contribution >= 4 is 11.6 Å². The molecule has 2 aromatic carbocycles. The molecular formula is C20H22F2N2O4. The molecule has 8 heteroatoms. The van der Waals surface area contributed by atoms with Gasteiger partial charge in [0.05, 0.1) is 11.7 Å². The zero-order chi connectivity index (χ0) is 20.1. The Labute approximate surface area is 162 Å². The lowest BCUT2D eigenvalue weighted by Gasteiger charge is -2.25. The maximum absolute atomic E-state index is 12.6. The number of alkyl halides is 2. The van der Waals surface area contributed by atoms with Gasteiger partial charge in [0.1, 0.15) is 19.0 Å². The summed E-state index contributed by atoms with van der Waals surface area (Å²) in [5.74, 6) is 0.990. The first-order valence-electron chi connectivity index (χ1n) is 8.87. The molecule has 6 nitrogen and oxygen atoms in total. The standard InChI is InChI=1S/C20H22F2N2O4/c1-13(19(25)23-15-5-3-4-6-16(15)28-20(21)22)24(2)12-14-7-8-17-18(11-14)27-10-9-26-17/h3-8,11,13,20H,9-10,12H2,1-2H3,(H,23,25). The van der Waals surface area contributed by atoms with Gasteiger partial charge in [-0.25, -0.2) is 0 Å². The SMILES string of the molecule is CC(C(=O)Nc1ccccc1OC(F)F)N(C)Cc1ccc2c(c1)OCCO2. The number of hydrogen-bond acceptors (Lipinski definition) is 5. The minimum Gasteiger partial charge on any atom is -0.486 e. The molecule has 1 atom stereocenters. The quantitative estimate of drug-likeness (QED) is 0.781. The van der Waals surface area contributed by atoms with E-state index in [2.05, 4.69) is 10.1 Å². The van der Waals surface area contributed by atoms with Gasteiger partial charge in [-0.15, -0.1) is 0 Å². The number of likely N-dealkylation sites (N-methyl/N-ethyl adjacent to an activating group) is 1. The molecule has 1 unspecified atom stereocenters. The largest absolute Gasteiger partial charge is 0.486 e. The topological polar surface area (TPSA) is 60.0 Å². The Kier molecular flexibility index (Phi) is 6.30. The van der Waals surface area contributed by atoms with E-state index >= 15 is 0 Å². The molecule has 0 saturated carbocycles. The molecule has 0 bridgehead atoms. The van der Waals surface area contributed by atoms with Crippen molar-refractivity contribution in [2.45, 2.75) is 26.1 Å². The van der Waals surface area contributed by atoms with Gasteiger partial charge < -0.3 is 19.5 Å². The van der Waals surface area contributed by atoms with Gasteiger partial charge in [0.15, 0.2) is 11.5 Å². The van der Waals surface area contributed by atoms with Gasteiger partial charge in [0.25, 0.3) is 0 Å². The normalized spacial score (nSPS) is 14.1. The molecule has 1 N–H and O–H groups in total. The van der Waals surface area contributed by atoms with Crippen LogP contribution >= 0.6 is 0 Å². The fourth-order valence-corrected chi connectivity index (χ4v) is 2.82. The molecular weight excluding hydrogens is 370 g/mol. The number of hydrogen-bond donors (Lipinski definition) is 1. The lowest BCUT2D eigenvalue weighted by Crippen LogP contribution is -2.39. The number of nitrogens with zero attached hydrogens (tertiary/aromatic N) is 1. The predicted molar refractivity (Wildman–Crippen MR) is 100 cm³/mol. The molecule has 0 aliphatic carbocycles. The summed E-state index contributed by atoms with van der Waals surface area (Å²) >= 11 is 0. The maximum atomic E-state index is 12.6. The molecule has 1 aliphatic rings. The number of carbonyl (C=O) groups excluding carboxylic acids is 1. The van der Waals surface area contributed by atoms with E-state index in [1.54, 1.807) is 19.1 Å². The van der Waals surface area contributed by atoms with Crippen molar-refractivity contribution in [2.24, 2.45) is 0 Å². The predicted octanol–water partition coefficient (Wildman–Crippen LogP) is 3.52. The van der Waals surface area contributed by atoms with E-state index in [9.17, 15) is 13.6 Å². The number of rotatable bonds is 7. The highest BCUT2D eigenvalue weighted by molar-refractivity contribution is 5.95. The summed E-state index contributed by atoms with van der Waals surface area (Å²) in [5, 5.41) is 2.65. The molecule has 150 valence electrons. The monoisotopic (exact) mass is 392 g/mol. The van der Waals surface area contributed by atoms with Crippen LogP contribution in [0.3, 0.4) is 0 Å². The molecule has 1 amide bonds. The van der Waals surface area contributed by atoms with Crippen LogP contribution in [0.4, 0.5) is 14.5 Å². The third-order valence-corrected chi connectivity index (χ3v) is 4.44. The third-order valence-electron chi connectivity index (χ3n) is 4.44. The number of benzene rings is 2. The second kappa shape index (κ2) is 8.88. The summed E-state index contributed by atoms with van der Waals surface area (Å²) in [4.78, 5) is 14.4. The van der Waals surface area contributed by atoms with E-state index in [4.69, 9.17) is 9.47 Å². The maximum Gasteiger partial charge on any atom is 0.387 e. The van der Waals surface area contributed by atoms with Crippen molar-refractivity contribution in [3.05, 3.63) is 48.0 Å². The highest BCUT2D eigenvalue weighted by Crippen LogP contribution is 2.31. The summed E-state index contributed by atoms with van der Waals surface area (Å²) in [6.45, 7) is 0.309. The van der Waals surface area contributed by atoms with Gasteiger partial charge in [-0.2, -0.15) is 8.78 Å². The van der Waals surface area contributed by atoms with Crippen LogP contribution in [0, 0.1) is 0 Å². The molecule has 1 heterocycles. The van der Waals surface area contributed by atoms with Crippen LogP contribution in [-0.4, -0.2) is 43.7 Å². The molecule has 2 aromatic rings. The first-order valence-corrected chi connectivity index (χ1v) is 8.87.